The summed E-state index contributed by atoms with van der Waals surface area (Å²) in [6.45, 7) is 9.36. The molecule has 0 radical (unpaired) electrons. The van der Waals surface area contributed by atoms with Crippen LogP contribution in [0.5, 0.6) is 0 Å². The van der Waals surface area contributed by atoms with Crippen molar-refractivity contribution >= 4 is 11.7 Å². The lowest BCUT2D eigenvalue weighted by Crippen LogP contribution is -2.61. The van der Waals surface area contributed by atoms with Gasteiger partial charge in [-0.2, -0.15) is 0 Å². The number of nitrogens with zero attached hydrogens (tertiary/aromatic N) is 2. The lowest BCUT2D eigenvalue weighted by molar-refractivity contribution is -0.135. The van der Waals surface area contributed by atoms with Crippen LogP contribution in [0.1, 0.15) is 32.8 Å². The SMILES string of the molecule is CCCNc1cc(CN2CCNC(=O)C2(C)C)ccn1. The van der Waals surface area contributed by atoms with E-state index in [-0.39, 0.29) is 5.91 Å². The summed E-state index contributed by atoms with van der Waals surface area (Å²) in [5, 5.41) is 6.21. The van der Waals surface area contributed by atoms with Crippen LogP contribution >= 0.6 is 0 Å². The Morgan fingerprint density at radius 1 is 1.50 bits per heavy atom. The van der Waals surface area contributed by atoms with Crippen LogP contribution in [-0.2, 0) is 11.3 Å². The average molecular weight is 276 g/mol. The van der Waals surface area contributed by atoms with Gasteiger partial charge in [0.25, 0.3) is 0 Å². The molecule has 0 saturated carbocycles. The van der Waals surface area contributed by atoms with Gasteiger partial charge in [-0.05, 0) is 38.0 Å². The van der Waals surface area contributed by atoms with E-state index in [0.29, 0.717) is 6.54 Å². The van der Waals surface area contributed by atoms with E-state index in [1.807, 2.05) is 26.1 Å². The molecule has 1 aliphatic rings. The molecule has 1 aromatic rings. The Kier molecular flexibility index (Phi) is 4.60. The molecule has 0 aliphatic carbocycles. The molecule has 0 spiro atoms. The minimum Gasteiger partial charge on any atom is -0.370 e. The van der Waals surface area contributed by atoms with Gasteiger partial charge in [0, 0.05) is 32.4 Å². The van der Waals surface area contributed by atoms with Crippen molar-refractivity contribution in [2.45, 2.75) is 39.3 Å². The monoisotopic (exact) mass is 276 g/mol. The highest BCUT2D eigenvalue weighted by Crippen LogP contribution is 2.21. The number of rotatable bonds is 5. The van der Waals surface area contributed by atoms with Crippen LogP contribution in [0.2, 0.25) is 0 Å². The maximum Gasteiger partial charge on any atom is 0.240 e. The van der Waals surface area contributed by atoms with Gasteiger partial charge in [-0.25, -0.2) is 4.98 Å². The van der Waals surface area contributed by atoms with Crippen molar-refractivity contribution in [1.82, 2.24) is 15.2 Å². The van der Waals surface area contributed by atoms with Gasteiger partial charge in [0.15, 0.2) is 0 Å². The molecular formula is C15H24N4O. The van der Waals surface area contributed by atoms with E-state index in [1.54, 1.807) is 0 Å². The molecule has 110 valence electrons. The normalized spacial score (nSPS) is 18.6. The number of amides is 1. The van der Waals surface area contributed by atoms with E-state index in [1.165, 1.54) is 5.56 Å². The Morgan fingerprint density at radius 2 is 2.30 bits per heavy atom. The van der Waals surface area contributed by atoms with Gasteiger partial charge in [0.1, 0.15) is 5.82 Å². The number of nitrogens with one attached hydrogen (secondary N) is 2. The zero-order valence-corrected chi connectivity index (χ0v) is 12.6. The Hall–Kier alpha value is -1.62. The van der Waals surface area contributed by atoms with Gasteiger partial charge in [-0.15, -0.1) is 0 Å². The summed E-state index contributed by atoms with van der Waals surface area (Å²) in [5.74, 6) is 1.01. The Morgan fingerprint density at radius 3 is 3.05 bits per heavy atom. The van der Waals surface area contributed by atoms with E-state index in [0.717, 1.165) is 31.9 Å². The van der Waals surface area contributed by atoms with E-state index in [2.05, 4.69) is 33.5 Å². The first kappa shape index (κ1) is 14.8. The van der Waals surface area contributed by atoms with Crippen molar-refractivity contribution in [1.29, 1.82) is 0 Å². The molecule has 2 rings (SSSR count). The molecule has 5 nitrogen and oxygen atoms in total. The topological polar surface area (TPSA) is 57.3 Å². The van der Waals surface area contributed by atoms with Gasteiger partial charge >= 0.3 is 0 Å². The number of carbonyl (C=O) groups is 1. The first-order chi connectivity index (χ1) is 9.54. The summed E-state index contributed by atoms with van der Waals surface area (Å²) < 4.78 is 0. The van der Waals surface area contributed by atoms with Crippen LogP contribution < -0.4 is 10.6 Å². The van der Waals surface area contributed by atoms with E-state index < -0.39 is 5.54 Å². The highest BCUT2D eigenvalue weighted by molar-refractivity contribution is 5.86. The molecular weight excluding hydrogens is 252 g/mol. The number of piperazine rings is 1. The summed E-state index contributed by atoms with van der Waals surface area (Å²) in [5.41, 5.74) is 0.722. The van der Waals surface area contributed by atoms with Crippen molar-refractivity contribution < 1.29 is 4.79 Å². The first-order valence-corrected chi connectivity index (χ1v) is 7.26. The van der Waals surface area contributed by atoms with Crippen LogP contribution in [0.4, 0.5) is 5.82 Å². The second kappa shape index (κ2) is 6.22. The molecule has 0 atom stereocenters. The van der Waals surface area contributed by atoms with Gasteiger partial charge in [0.2, 0.25) is 5.91 Å². The fraction of sp³-hybridized carbons (Fsp3) is 0.600. The molecule has 2 heterocycles. The quantitative estimate of drug-likeness (QED) is 0.858. The number of hydrogen-bond acceptors (Lipinski definition) is 4. The zero-order chi connectivity index (χ0) is 14.6. The largest absolute Gasteiger partial charge is 0.370 e. The number of aromatic nitrogens is 1. The summed E-state index contributed by atoms with van der Waals surface area (Å²) >= 11 is 0. The van der Waals surface area contributed by atoms with E-state index in [4.69, 9.17) is 0 Å². The highest BCUT2D eigenvalue weighted by atomic mass is 16.2. The molecule has 0 bridgehead atoms. The number of carbonyl (C=O) groups excluding carboxylic acids is 1. The van der Waals surface area contributed by atoms with Crippen LogP contribution in [0.15, 0.2) is 18.3 Å². The number of hydrogen-bond donors (Lipinski definition) is 2. The lowest BCUT2D eigenvalue weighted by Gasteiger charge is -2.41. The minimum absolute atomic E-state index is 0.0992. The molecule has 2 N–H and O–H groups in total. The minimum atomic E-state index is -0.460. The summed E-state index contributed by atoms with van der Waals surface area (Å²) in [4.78, 5) is 18.5. The van der Waals surface area contributed by atoms with Crippen molar-refractivity contribution in [3.05, 3.63) is 23.9 Å². The van der Waals surface area contributed by atoms with Gasteiger partial charge < -0.3 is 10.6 Å². The molecule has 1 saturated heterocycles. The van der Waals surface area contributed by atoms with Gasteiger partial charge in [-0.1, -0.05) is 6.92 Å². The summed E-state index contributed by atoms with van der Waals surface area (Å²) in [6, 6.07) is 4.08. The third-order valence-electron chi connectivity index (χ3n) is 3.77. The molecule has 1 aromatic heterocycles. The lowest BCUT2D eigenvalue weighted by atomic mass is 9.98. The van der Waals surface area contributed by atoms with Crippen molar-refractivity contribution in [3.8, 4) is 0 Å². The predicted molar refractivity (Wildman–Crippen MR) is 80.5 cm³/mol. The zero-order valence-electron chi connectivity index (χ0n) is 12.6. The Bertz CT molecular complexity index is 473. The van der Waals surface area contributed by atoms with Crippen molar-refractivity contribution in [2.75, 3.05) is 25.0 Å². The molecule has 1 amide bonds. The summed E-state index contributed by atoms with van der Waals surface area (Å²) in [7, 11) is 0. The maximum atomic E-state index is 11.9. The van der Waals surface area contributed by atoms with Crippen LogP contribution in [0, 0.1) is 0 Å². The van der Waals surface area contributed by atoms with Crippen molar-refractivity contribution in [3.63, 3.8) is 0 Å². The first-order valence-electron chi connectivity index (χ1n) is 7.26. The van der Waals surface area contributed by atoms with Crippen LogP contribution in [0.25, 0.3) is 0 Å². The molecule has 1 aliphatic heterocycles. The van der Waals surface area contributed by atoms with E-state index >= 15 is 0 Å². The third-order valence-corrected chi connectivity index (χ3v) is 3.77. The smallest absolute Gasteiger partial charge is 0.240 e. The number of pyridine rings is 1. The predicted octanol–water partition coefficient (Wildman–Crippen LogP) is 1.61. The molecule has 1 fully saturated rings. The average Bonchev–Trinajstić information content (AvgIpc) is 2.43. The molecule has 5 heteroatoms. The van der Waals surface area contributed by atoms with Gasteiger partial charge in [0.05, 0.1) is 5.54 Å². The standard InChI is InChI=1S/C15H24N4O/c1-4-6-16-13-10-12(5-7-17-13)11-19-9-8-18-14(20)15(19,2)3/h5,7,10H,4,6,8-9,11H2,1-3H3,(H,16,17)(H,18,20). The van der Waals surface area contributed by atoms with Gasteiger partial charge in [-0.3, -0.25) is 9.69 Å². The van der Waals surface area contributed by atoms with Crippen LogP contribution in [0.3, 0.4) is 0 Å². The number of anilines is 1. The molecule has 20 heavy (non-hydrogen) atoms. The third kappa shape index (κ3) is 3.28. The second-order valence-corrected chi connectivity index (χ2v) is 5.71. The Balaban J connectivity index is 2.07. The fourth-order valence-corrected chi connectivity index (χ4v) is 2.36. The molecule has 0 aromatic carbocycles. The highest BCUT2D eigenvalue weighted by Gasteiger charge is 2.37. The molecule has 0 unspecified atom stereocenters. The maximum absolute atomic E-state index is 11.9. The Labute approximate surface area is 120 Å². The van der Waals surface area contributed by atoms with E-state index in [9.17, 15) is 4.79 Å². The fourth-order valence-electron chi connectivity index (χ4n) is 2.36. The van der Waals surface area contributed by atoms with Crippen LogP contribution in [-0.4, -0.2) is 41.0 Å². The second-order valence-electron chi connectivity index (χ2n) is 5.71. The summed E-state index contributed by atoms with van der Waals surface area (Å²) in [6.07, 6.45) is 2.90. The van der Waals surface area contributed by atoms with Crippen molar-refractivity contribution in [2.24, 2.45) is 0 Å².